The van der Waals surface area contributed by atoms with Crippen molar-refractivity contribution in [2.45, 2.75) is 283 Å². The first-order chi connectivity index (χ1) is 31.0. The van der Waals surface area contributed by atoms with E-state index in [2.05, 4.69) is 31.3 Å². The molecule has 8 nitrogen and oxygen atoms in total. The molecule has 0 rings (SSSR count). The van der Waals surface area contributed by atoms with Crippen molar-refractivity contribution in [3.05, 3.63) is 24.3 Å². The Hall–Kier alpha value is -1.02. The van der Waals surface area contributed by atoms with Gasteiger partial charge in [0.05, 0.1) is 39.9 Å². The zero-order chi connectivity index (χ0) is 47.1. The van der Waals surface area contributed by atoms with Gasteiger partial charge < -0.3 is 28.8 Å². The number of aliphatic hydroxyl groups excluding tert-OH is 1. The number of amides is 1. The molecule has 0 bridgehead atoms. The van der Waals surface area contributed by atoms with Crippen molar-refractivity contribution < 1.29 is 32.9 Å². The molecule has 64 heavy (non-hydrogen) atoms. The van der Waals surface area contributed by atoms with Crippen molar-refractivity contribution in [3.63, 3.8) is 0 Å². The fourth-order valence-electron chi connectivity index (χ4n) is 8.27. The smallest absolute Gasteiger partial charge is 0.268 e. The highest BCUT2D eigenvalue weighted by Crippen LogP contribution is 2.38. The van der Waals surface area contributed by atoms with Crippen molar-refractivity contribution in [1.82, 2.24) is 5.32 Å². The fourth-order valence-corrected chi connectivity index (χ4v) is 8.99. The Morgan fingerprint density at radius 2 is 0.859 bits per heavy atom. The monoisotopic (exact) mass is 925 g/mol. The van der Waals surface area contributed by atoms with Crippen LogP contribution in [0.2, 0.25) is 0 Å². The molecule has 9 heteroatoms. The van der Waals surface area contributed by atoms with Crippen molar-refractivity contribution in [2.24, 2.45) is 0 Å². The molecule has 0 saturated heterocycles. The Bertz CT molecular complexity index is 1090. The minimum atomic E-state index is -4.59. The SMILES string of the molecule is CCCCCCCCCCCCCC/C=C\CCCCCCCCCCCCCCC(=O)NC(COP(=O)([O-])OCC[N+](C)(C)C)C(O)/C=C/CCCCCCCCCCCCCC. The lowest BCUT2D eigenvalue weighted by Gasteiger charge is -2.29. The maximum Gasteiger partial charge on any atom is 0.268 e. The molecule has 0 aromatic carbocycles. The van der Waals surface area contributed by atoms with Gasteiger partial charge in [0.1, 0.15) is 13.2 Å². The van der Waals surface area contributed by atoms with Gasteiger partial charge in [-0.05, 0) is 44.9 Å². The number of rotatable bonds is 51. The molecule has 0 heterocycles. The maximum absolute atomic E-state index is 12.9. The van der Waals surface area contributed by atoms with Crippen molar-refractivity contribution in [3.8, 4) is 0 Å². The standard InChI is InChI=1S/C55H109N2O6P/c1-6-8-10-12-14-16-18-20-22-23-24-25-26-27-28-29-30-31-32-33-34-35-37-39-41-43-45-47-49-55(59)56-53(52-63-64(60,61)62-51-50-57(3,4)5)54(58)48-46-44-42-40-38-36-21-19-17-15-13-11-9-7-2/h27-28,46,48,53-54,58H,6-26,29-45,47,49-52H2,1-5H3,(H-,56,59,60,61)/b28-27-,48-46+. The second-order valence-corrected chi connectivity index (χ2v) is 21.7. The van der Waals surface area contributed by atoms with Gasteiger partial charge in [0.25, 0.3) is 7.82 Å². The Balaban J connectivity index is 4.11. The number of carbonyl (C=O) groups excluding carboxylic acids is 1. The minimum absolute atomic E-state index is 0.000625. The highest BCUT2D eigenvalue weighted by atomic mass is 31.2. The van der Waals surface area contributed by atoms with Gasteiger partial charge in [0.2, 0.25) is 5.91 Å². The van der Waals surface area contributed by atoms with Gasteiger partial charge in [-0.1, -0.05) is 244 Å². The first kappa shape index (κ1) is 63.0. The predicted octanol–water partition coefficient (Wildman–Crippen LogP) is 15.8. The second kappa shape index (κ2) is 47.1. The number of hydrogen-bond acceptors (Lipinski definition) is 6. The van der Waals surface area contributed by atoms with Crippen molar-refractivity contribution >= 4 is 13.7 Å². The summed E-state index contributed by atoms with van der Waals surface area (Å²) in [6.45, 7) is 4.67. The summed E-state index contributed by atoms with van der Waals surface area (Å²) in [4.78, 5) is 25.4. The molecule has 0 radical (unpaired) electrons. The molecule has 0 fully saturated rings. The third-order valence-electron chi connectivity index (χ3n) is 12.7. The predicted molar refractivity (Wildman–Crippen MR) is 275 cm³/mol. The number of hydrogen-bond donors (Lipinski definition) is 2. The van der Waals surface area contributed by atoms with E-state index in [9.17, 15) is 19.4 Å². The number of carbonyl (C=O) groups is 1. The van der Waals surface area contributed by atoms with Gasteiger partial charge >= 0.3 is 0 Å². The van der Waals surface area contributed by atoms with E-state index in [0.29, 0.717) is 17.4 Å². The molecule has 0 spiro atoms. The number of nitrogens with one attached hydrogen (secondary N) is 1. The van der Waals surface area contributed by atoms with E-state index < -0.39 is 20.0 Å². The molecule has 2 N–H and O–H groups in total. The summed E-state index contributed by atoms with van der Waals surface area (Å²) >= 11 is 0. The lowest BCUT2D eigenvalue weighted by Crippen LogP contribution is -2.45. The molecule has 0 aliphatic carbocycles. The van der Waals surface area contributed by atoms with Crippen LogP contribution in [0, 0.1) is 0 Å². The van der Waals surface area contributed by atoms with Crippen LogP contribution in [-0.2, 0) is 18.4 Å². The van der Waals surface area contributed by atoms with Crippen LogP contribution in [-0.4, -0.2) is 68.5 Å². The van der Waals surface area contributed by atoms with Crippen molar-refractivity contribution in [1.29, 1.82) is 0 Å². The highest BCUT2D eigenvalue weighted by molar-refractivity contribution is 7.45. The molecule has 3 unspecified atom stereocenters. The Kier molecular flexibility index (Phi) is 46.3. The van der Waals surface area contributed by atoms with Gasteiger partial charge in [-0.3, -0.25) is 9.36 Å². The molecule has 0 aromatic heterocycles. The maximum atomic E-state index is 12.9. The van der Waals surface area contributed by atoms with Crippen LogP contribution in [0.1, 0.15) is 271 Å². The molecular weight excluding hydrogens is 816 g/mol. The van der Waals surface area contributed by atoms with Gasteiger partial charge in [-0.15, -0.1) is 0 Å². The first-order valence-corrected chi connectivity index (χ1v) is 29.2. The number of unbranched alkanes of at least 4 members (excludes halogenated alkanes) is 36. The molecule has 3 atom stereocenters. The lowest BCUT2D eigenvalue weighted by molar-refractivity contribution is -0.870. The normalized spacial score (nSPS) is 14.2. The van der Waals surface area contributed by atoms with E-state index in [1.165, 1.54) is 212 Å². The topological polar surface area (TPSA) is 108 Å². The zero-order valence-electron chi connectivity index (χ0n) is 43.3. The van der Waals surface area contributed by atoms with Crippen LogP contribution in [0.15, 0.2) is 24.3 Å². The van der Waals surface area contributed by atoms with E-state index >= 15 is 0 Å². The van der Waals surface area contributed by atoms with E-state index in [1.807, 2.05) is 27.2 Å². The number of allylic oxidation sites excluding steroid dienone is 3. The molecule has 0 aliphatic heterocycles. The average Bonchev–Trinajstić information content (AvgIpc) is 3.25. The zero-order valence-corrected chi connectivity index (χ0v) is 44.1. The van der Waals surface area contributed by atoms with E-state index in [0.717, 1.165) is 38.5 Å². The summed E-state index contributed by atoms with van der Waals surface area (Å²) in [7, 11) is 1.27. The number of phosphoric ester groups is 1. The Morgan fingerprint density at radius 3 is 1.22 bits per heavy atom. The molecule has 0 saturated carbocycles. The third-order valence-corrected chi connectivity index (χ3v) is 13.6. The number of quaternary nitrogens is 1. The van der Waals surface area contributed by atoms with Gasteiger partial charge in [-0.2, -0.15) is 0 Å². The highest BCUT2D eigenvalue weighted by Gasteiger charge is 2.23. The fraction of sp³-hybridized carbons (Fsp3) is 0.909. The minimum Gasteiger partial charge on any atom is -0.756 e. The number of likely N-dealkylation sites (N-methyl/N-ethyl adjacent to an activating group) is 1. The Morgan fingerprint density at radius 1 is 0.531 bits per heavy atom. The van der Waals surface area contributed by atoms with E-state index in [-0.39, 0.29) is 19.1 Å². The van der Waals surface area contributed by atoms with Crippen LogP contribution >= 0.6 is 7.82 Å². The largest absolute Gasteiger partial charge is 0.756 e. The third kappa shape index (κ3) is 48.9. The molecule has 0 aromatic rings. The Labute approximate surface area is 398 Å². The van der Waals surface area contributed by atoms with E-state index in [4.69, 9.17) is 9.05 Å². The summed E-state index contributed by atoms with van der Waals surface area (Å²) in [6.07, 6.45) is 58.2. The summed E-state index contributed by atoms with van der Waals surface area (Å²) in [5.74, 6) is -0.195. The summed E-state index contributed by atoms with van der Waals surface area (Å²) in [5, 5.41) is 13.8. The quantitative estimate of drug-likeness (QED) is 0.0272. The van der Waals surface area contributed by atoms with Crippen LogP contribution < -0.4 is 10.2 Å². The summed E-state index contributed by atoms with van der Waals surface area (Å²) in [5.41, 5.74) is 0. The van der Waals surface area contributed by atoms with Crippen molar-refractivity contribution in [2.75, 3.05) is 40.9 Å². The number of nitrogens with zero attached hydrogens (tertiary/aromatic N) is 1. The van der Waals surface area contributed by atoms with E-state index in [1.54, 1.807) is 6.08 Å². The number of phosphoric acid groups is 1. The molecule has 0 aliphatic rings. The van der Waals surface area contributed by atoms with Crippen LogP contribution in [0.4, 0.5) is 0 Å². The summed E-state index contributed by atoms with van der Waals surface area (Å²) < 4.78 is 23.3. The van der Waals surface area contributed by atoms with Gasteiger partial charge in [-0.25, -0.2) is 0 Å². The van der Waals surface area contributed by atoms with Crippen LogP contribution in [0.5, 0.6) is 0 Å². The van der Waals surface area contributed by atoms with Crippen LogP contribution in [0.3, 0.4) is 0 Å². The van der Waals surface area contributed by atoms with Gasteiger partial charge in [0.15, 0.2) is 0 Å². The molecule has 380 valence electrons. The first-order valence-electron chi connectivity index (χ1n) is 27.7. The van der Waals surface area contributed by atoms with Crippen LogP contribution in [0.25, 0.3) is 0 Å². The summed E-state index contributed by atoms with van der Waals surface area (Å²) in [6, 6.07) is -0.884. The molecule has 1 amide bonds. The van der Waals surface area contributed by atoms with Gasteiger partial charge in [0, 0.05) is 6.42 Å². The average molecular weight is 925 g/mol. The molecular formula is C55H109N2O6P. The lowest BCUT2D eigenvalue weighted by atomic mass is 10.0. The second-order valence-electron chi connectivity index (χ2n) is 20.3. The number of aliphatic hydroxyl groups is 1.